The summed E-state index contributed by atoms with van der Waals surface area (Å²) in [6, 6.07) is 18.4. The number of rotatable bonds is 8. The molecule has 0 saturated carbocycles. The molecule has 5 nitrogen and oxygen atoms in total. The lowest BCUT2D eigenvalue weighted by atomic mass is 9.84. The highest BCUT2D eigenvalue weighted by atomic mass is 16.5. The molecule has 2 atom stereocenters. The molecule has 0 bridgehead atoms. The van der Waals surface area contributed by atoms with Gasteiger partial charge in [0.05, 0.1) is 20.1 Å². The van der Waals surface area contributed by atoms with Crippen LogP contribution in [0.1, 0.15) is 25.8 Å². The molecule has 3 rings (SSSR count). The summed E-state index contributed by atoms with van der Waals surface area (Å²) in [4.78, 5) is 17.3. The van der Waals surface area contributed by atoms with Crippen LogP contribution in [-0.2, 0) is 11.3 Å². The van der Waals surface area contributed by atoms with Crippen molar-refractivity contribution in [2.24, 2.45) is 11.8 Å². The zero-order chi connectivity index (χ0) is 21.5. The van der Waals surface area contributed by atoms with E-state index in [2.05, 4.69) is 49.1 Å². The first-order valence-electron chi connectivity index (χ1n) is 10.8. The Hall–Kier alpha value is -2.53. The molecule has 1 aliphatic rings. The fourth-order valence-corrected chi connectivity index (χ4v) is 4.73. The van der Waals surface area contributed by atoms with Gasteiger partial charge in [0.25, 0.3) is 0 Å². The molecule has 2 aromatic rings. The Bertz CT molecular complexity index is 799. The summed E-state index contributed by atoms with van der Waals surface area (Å²) in [5.74, 6) is 2.32. The average Bonchev–Trinajstić information content (AvgIpc) is 2.74. The van der Waals surface area contributed by atoms with Crippen molar-refractivity contribution >= 4 is 5.91 Å². The van der Waals surface area contributed by atoms with E-state index in [1.807, 2.05) is 36.2 Å². The zero-order valence-corrected chi connectivity index (χ0v) is 18.6. The molecule has 0 N–H and O–H groups in total. The summed E-state index contributed by atoms with van der Waals surface area (Å²) in [7, 11) is 3.56. The van der Waals surface area contributed by atoms with E-state index in [0.29, 0.717) is 36.4 Å². The Labute approximate surface area is 180 Å². The normalized spacial score (nSPS) is 21.8. The van der Waals surface area contributed by atoms with Gasteiger partial charge in [-0.15, -0.1) is 0 Å². The van der Waals surface area contributed by atoms with Gasteiger partial charge in [-0.1, -0.05) is 56.3 Å². The zero-order valence-electron chi connectivity index (χ0n) is 18.6. The van der Waals surface area contributed by atoms with Gasteiger partial charge in [0, 0.05) is 32.7 Å². The molecule has 0 spiro atoms. The molecule has 1 fully saturated rings. The molecular weight excluding hydrogens is 376 g/mol. The molecule has 30 heavy (non-hydrogen) atoms. The number of carbonyl (C=O) groups is 1. The van der Waals surface area contributed by atoms with Crippen LogP contribution in [0, 0.1) is 11.8 Å². The minimum Gasteiger partial charge on any atom is -0.493 e. The highest BCUT2D eigenvalue weighted by Crippen LogP contribution is 2.28. The summed E-state index contributed by atoms with van der Waals surface area (Å²) in [6.45, 7) is 7.82. The number of likely N-dealkylation sites (tertiary alicyclic amines) is 1. The molecule has 0 aliphatic carbocycles. The first-order chi connectivity index (χ1) is 14.5. The van der Waals surface area contributed by atoms with Gasteiger partial charge in [0.15, 0.2) is 11.5 Å². The number of ether oxygens (including phenoxy) is 2. The molecular formula is C25H34N2O3. The van der Waals surface area contributed by atoms with E-state index in [4.69, 9.17) is 9.47 Å². The largest absolute Gasteiger partial charge is 0.493 e. The van der Waals surface area contributed by atoms with E-state index < -0.39 is 0 Å². The van der Waals surface area contributed by atoms with Crippen molar-refractivity contribution in [3.8, 4) is 11.5 Å². The van der Waals surface area contributed by atoms with Crippen molar-refractivity contribution in [2.75, 3.05) is 33.9 Å². The Morgan fingerprint density at radius 1 is 1.00 bits per heavy atom. The molecule has 1 saturated heterocycles. The Balaban J connectivity index is 1.51. The van der Waals surface area contributed by atoms with Crippen LogP contribution in [0.15, 0.2) is 54.6 Å². The monoisotopic (exact) mass is 410 g/mol. The second-order valence-electron chi connectivity index (χ2n) is 8.38. The molecule has 0 radical (unpaired) electrons. The number of nitrogens with zero attached hydrogens (tertiary/aromatic N) is 2. The van der Waals surface area contributed by atoms with E-state index in [-0.39, 0.29) is 11.9 Å². The van der Waals surface area contributed by atoms with E-state index in [1.54, 1.807) is 7.11 Å². The molecule has 1 heterocycles. The Morgan fingerprint density at radius 2 is 1.60 bits per heavy atom. The lowest BCUT2D eigenvalue weighted by Gasteiger charge is -2.45. The van der Waals surface area contributed by atoms with Crippen LogP contribution in [0.5, 0.6) is 11.5 Å². The van der Waals surface area contributed by atoms with Crippen molar-refractivity contribution in [3.63, 3.8) is 0 Å². The van der Waals surface area contributed by atoms with Gasteiger partial charge in [-0.2, -0.15) is 0 Å². The van der Waals surface area contributed by atoms with Crippen molar-refractivity contribution in [3.05, 3.63) is 60.2 Å². The average molecular weight is 411 g/mol. The highest BCUT2D eigenvalue weighted by molar-refractivity contribution is 5.76. The van der Waals surface area contributed by atoms with Gasteiger partial charge in [0.1, 0.15) is 0 Å². The van der Waals surface area contributed by atoms with E-state index in [0.717, 1.165) is 19.6 Å². The predicted octanol–water partition coefficient (Wildman–Crippen LogP) is 4.08. The smallest absolute Gasteiger partial charge is 0.226 e. The number of benzene rings is 2. The summed E-state index contributed by atoms with van der Waals surface area (Å²) >= 11 is 0. The van der Waals surface area contributed by atoms with E-state index in [9.17, 15) is 4.79 Å². The highest BCUT2D eigenvalue weighted by Gasteiger charge is 2.36. The molecule has 1 amide bonds. The van der Waals surface area contributed by atoms with Gasteiger partial charge in [-0.05, 0) is 29.5 Å². The van der Waals surface area contributed by atoms with Crippen molar-refractivity contribution in [2.45, 2.75) is 32.9 Å². The number of carbonyl (C=O) groups excluding carboxylic acids is 1. The van der Waals surface area contributed by atoms with Crippen LogP contribution in [0.3, 0.4) is 0 Å². The minimum atomic E-state index is 0.130. The quantitative estimate of drug-likeness (QED) is 0.658. The lowest BCUT2D eigenvalue weighted by molar-refractivity contribution is -0.136. The topological polar surface area (TPSA) is 42.0 Å². The minimum absolute atomic E-state index is 0.130. The number of piperidine rings is 1. The number of methoxy groups -OCH3 is 1. The molecule has 1 aliphatic heterocycles. The second kappa shape index (κ2) is 10.5. The molecule has 5 heteroatoms. The number of hydrogen-bond acceptors (Lipinski definition) is 4. The first kappa shape index (κ1) is 22.2. The van der Waals surface area contributed by atoms with Crippen molar-refractivity contribution < 1.29 is 14.3 Å². The molecule has 0 aromatic heterocycles. The van der Waals surface area contributed by atoms with E-state index in [1.165, 1.54) is 5.56 Å². The van der Waals surface area contributed by atoms with Crippen molar-refractivity contribution in [1.82, 2.24) is 9.80 Å². The summed E-state index contributed by atoms with van der Waals surface area (Å²) in [6.07, 6.45) is 0.359. The van der Waals surface area contributed by atoms with Gasteiger partial charge in [0.2, 0.25) is 5.91 Å². The summed E-state index contributed by atoms with van der Waals surface area (Å²) in [5.41, 5.74) is 1.34. The van der Waals surface area contributed by atoms with Gasteiger partial charge < -0.3 is 14.4 Å². The van der Waals surface area contributed by atoms with Gasteiger partial charge >= 0.3 is 0 Å². The van der Waals surface area contributed by atoms with Crippen LogP contribution in [-0.4, -0.2) is 55.6 Å². The standard InChI is InChI=1S/C25H34N2O3/c1-19-16-27(18-21-10-6-5-7-11-21)17-20(2)25(19)26(3)24(28)14-15-30-23-13-9-8-12-22(23)29-4/h5-13,19-20,25H,14-18H2,1-4H3. The third kappa shape index (κ3) is 5.54. The SMILES string of the molecule is COc1ccccc1OCCC(=O)N(C)C1C(C)CN(Cc2ccccc2)CC1C. The maximum Gasteiger partial charge on any atom is 0.226 e. The maximum absolute atomic E-state index is 12.9. The van der Waals surface area contributed by atoms with Crippen LogP contribution in [0.25, 0.3) is 0 Å². The molecule has 2 aromatic carbocycles. The first-order valence-corrected chi connectivity index (χ1v) is 10.8. The van der Waals surface area contributed by atoms with Crippen LogP contribution < -0.4 is 9.47 Å². The van der Waals surface area contributed by atoms with Crippen LogP contribution in [0.4, 0.5) is 0 Å². The van der Waals surface area contributed by atoms with Crippen LogP contribution >= 0.6 is 0 Å². The number of hydrogen-bond donors (Lipinski definition) is 0. The Morgan fingerprint density at radius 3 is 2.23 bits per heavy atom. The third-order valence-electron chi connectivity index (χ3n) is 5.99. The van der Waals surface area contributed by atoms with Gasteiger partial charge in [-0.3, -0.25) is 9.69 Å². The number of para-hydroxylation sites is 2. The second-order valence-corrected chi connectivity index (χ2v) is 8.38. The van der Waals surface area contributed by atoms with Crippen molar-refractivity contribution in [1.29, 1.82) is 0 Å². The fraction of sp³-hybridized carbons (Fsp3) is 0.480. The maximum atomic E-state index is 12.9. The lowest BCUT2D eigenvalue weighted by Crippen LogP contribution is -2.55. The molecule has 162 valence electrons. The van der Waals surface area contributed by atoms with Crippen LogP contribution in [0.2, 0.25) is 0 Å². The van der Waals surface area contributed by atoms with E-state index >= 15 is 0 Å². The molecule has 2 unspecified atom stereocenters. The Kier molecular flexibility index (Phi) is 7.75. The summed E-state index contributed by atoms with van der Waals surface area (Å²) < 4.78 is 11.1. The third-order valence-corrected chi connectivity index (χ3v) is 5.99. The van der Waals surface area contributed by atoms with Gasteiger partial charge in [-0.25, -0.2) is 0 Å². The number of amides is 1. The predicted molar refractivity (Wildman–Crippen MR) is 120 cm³/mol. The fourth-order valence-electron chi connectivity index (χ4n) is 4.73. The summed E-state index contributed by atoms with van der Waals surface area (Å²) in [5, 5.41) is 0.